The summed E-state index contributed by atoms with van der Waals surface area (Å²) < 4.78 is 0. The molecule has 0 aliphatic rings. The lowest BCUT2D eigenvalue weighted by Crippen LogP contribution is -2.28. The van der Waals surface area contributed by atoms with Gasteiger partial charge >= 0.3 is 0 Å². The summed E-state index contributed by atoms with van der Waals surface area (Å²) in [6.07, 6.45) is 1.17. The summed E-state index contributed by atoms with van der Waals surface area (Å²) in [5.41, 5.74) is 2.84. The maximum Gasteiger partial charge on any atom is 0.230 e. The van der Waals surface area contributed by atoms with E-state index in [0.717, 1.165) is 29.0 Å². The first-order valence-corrected chi connectivity index (χ1v) is 10.5. The number of halogens is 1. The van der Waals surface area contributed by atoms with Crippen LogP contribution in [-0.4, -0.2) is 23.3 Å². The van der Waals surface area contributed by atoms with Crippen molar-refractivity contribution in [2.75, 3.05) is 16.8 Å². The monoisotopic (exact) mass is 404 g/mol. The number of amides is 2. The lowest BCUT2D eigenvalue weighted by molar-refractivity contribution is -0.119. The van der Waals surface area contributed by atoms with Gasteiger partial charge in [0.2, 0.25) is 11.8 Å². The van der Waals surface area contributed by atoms with Crippen LogP contribution in [0.4, 0.5) is 5.69 Å². The molecule has 2 aromatic rings. The minimum atomic E-state index is -0.132. The van der Waals surface area contributed by atoms with Gasteiger partial charge in [-0.3, -0.25) is 9.59 Å². The zero-order chi connectivity index (χ0) is 19.6. The van der Waals surface area contributed by atoms with E-state index in [0.29, 0.717) is 17.2 Å². The van der Waals surface area contributed by atoms with Crippen molar-refractivity contribution in [3.05, 3.63) is 64.7 Å². The van der Waals surface area contributed by atoms with E-state index in [-0.39, 0.29) is 17.9 Å². The number of hydrogen-bond donors (Lipinski definition) is 2. The summed E-state index contributed by atoms with van der Waals surface area (Å²) in [6.45, 7) is 3.91. The predicted molar refractivity (Wildman–Crippen MR) is 114 cm³/mol. The largest absolute Gasteiger partial charge is 0.349 e. The molecule has 0 aliphatic carbocycles. The quantitative estimate of drug-likeness (QED) is 0.579. The Hall–Kier alpha value is -1.98. The number of nitrogens with one attached hydrogen (secondary N) is 2. The number of anilines is 1. The van der Waals surface area contributed by atoms with Gasteiger partial charge in [0.1, 0.15) is 0 Å². The smallest absolute Gasteiger partial charge is 0.230 e. The van der Waals surface area contributed by atoms with Crippen LogP contribution < -0.4 is 10.6 Å². The first-order valence-electron chi connectivity index (χ1n) is 8.94. The molecule has 2 amide bonds. The van der Waals surface area contributed by atoms with Crippen molar-refractivity contribution in [1.29, 1.82) is 0 Å². The van der Waals surface area contributed by atoms with Gasteiger partial charge in [-0.05, 0) is 55.3 Å². The summed E-state index contributed by atoms with van der Waals surface area (Å²) in [5, 5.41) is 6.49. The third-order valence-corrected chi connectivity index (χ3v) is 5.36. The zero-order valence-corrected chi connectivity index (χ0v) is 17.2. The molecule has 0 aliphatic heterocycles. The van der Waals surface area contributed by atoms with E-state index in [9.17, 15) is 9.59 Å². The molecule has 144 valence electrons. The number of carbonyl (C=O) groups excluding carboxylic acids is 2. The summed E-state index contributed by atoms with van der Waals surface area (Å²) in [4.78, 5) is 24.0. The highest BCUT2D eigenvalue weighted by molar-refractivity contribution is 7.99. The molecule has 6 heteroatoms. The molecule has 1 atom stereocenters. The Morgan fingerprint density at radius 1 is 1.11 bits per heavy atom. The average molecular weight is 405 g/mol. The second-order valence-corrected chi connectivity index (χ2v) is 7.90. The van der Waals surface area contributed by atoms with Crippen molar-refractivity contribution < 1.29 is 9.59 Å². The Balaban J connectivity index is 1.61. The van der Waals surface area contributed by atoms with Gasteiger partial charge in [-0.1, -0.05) is 41.9 Å². The lowest BCUT2D eigenvalue weighted by atomic mass is 10.1. The number of hydrogen-bond acceptors (Lipinski definition) is 3. The summed E-state index contributed by atoms with van der Waals surface area (Å²) in [7, 11) is 0. The highest BCUT2D eigenvalue weighted by Crippen LogP contribution is 2.22. The molecule has 2 rings (SSSR count). The molecule has 0 aromatic heterocycles. The Bertz CT molecular complexity index is 782. The molecule has 0 fully saturated rings. The predicted octanol–water partition coefficient (Wildman–Crippen LogP) is 4.98. The summed E-state index contributed by atoms with van der Waals surface area (Å²) >= 11 is 7.68. The fourth-order valence-electron chi connectivity index (χ4n) is 2.63. The molecule has 0 unspecified atom stereocenters. The van der Waals surface area contributed by atoms with Crippen molar-refractivity contribution in [3.8, 4) is 0 Å². The van der Waals surface area contributed by atoms with E-state index >= 15 is 0 Å². The van der Waals surface area contributed by atoms with Crippen LogP contribution in [0, 0.1) is 6.92 Å². The Morgan fingerprint density at radius 3 is 2.63 bits per heavy atom. The average Bonchev–Trinajstić information content (AvgIpc) is 2.61. The van der Waals surface area contributed by atoms with Crippen molar-refractivity contribution in [2.24, 2.45) is 0 Å². The number of benzene rings is 2. The Kier molecular flexibility index (Phi) is 8.69. The fourth-order valence-corrected chi connectivity index (χ4v) is 3.69. The van der Waals surface area contributed by atoms with Gasteiger partial charge in [0.25, 0.3) is 0 Å². The molecule has 0 heterocycles. The first-order chi connectivity index (χ1) is 13.0. The minimum absolute atomic E-state index is 0.00186. The van der Waals surface area contributed by atoms with Gasteiger partial charge < -0.3 is 10.6 Å². The molecule has 0 saturated heterocycles. The molecular weight excluding hydrogens is 380 g/mol. The van der Waals surface area contributed by atoms with Crippen LogP contribution in [0.3, 0.4) is 0 Å². The summed E-state index contributed by atoms with van der Waals surface area (Å²) in [5.74, 6) is 1.10. The maximum absolute atomic E-state index is 12.1. The van der Waals surface area contributed by atoms with E-state index < -0.39 is 0 Å². The fraction of sp³-hybridized carbons (Fsp3) is 0.333. The van der Waals surface area contributed by atoms with Crippen LogP contribution in [0.5, 0.6) is 0 Å². The molecular formula is C21H25ClN2O2S. The zero-order valence-electron chi connectivity index (χ0n) is 15.6. The number of rotatable bonds is 9. The van der Waals surface area contributed by atoms with Gasteiger partial charge in [0, 0.05) is 17.1 Å². The molecule has 0 bridgehead atoms. The highest BCUT2D eigenvalue weighted by atomic mass is 35.5. The van der Waals surface area contributed by atoms with Gasteiger partial charge in [-0.2, -0.15) is 11.8 Å². The van der Waals surface area contributed by atoms with E-state index in [1.807, 2.05) is 62.4 Å². The van der Waals surface area contributed by atoms with Crippen LogP contribution in [0.15, 0.2) is 48.5 Å². The van der Waals surface area contributed by atoms with Gasteiger partial charge in [0.05, 0.1) is 11.8 Å². The second-order valence-electron chi connectivity index (χ2n) is 6.38. The van der Waals surface area contributed by atoms with Crippen LogP contribution in [-0.2, 0) is 9.59 Å². The third kappa shape index (κ3) is 7.65. The number of carbonyl (C=O) groups is 2. The van der Waals surface area contributed by atoms with Crippen LogP contribution in [0.1, 0.15) is 36.9 Å². The highest BCUT2D eigenvalue weighted by Gasteiger charge is 2.12. The molecule has 2 aromatic carbocycles. The standard InChI is InChI=1S/C21H25ClN2O2S/c1-15-7-5-8-17(13-15)24-20(25)11-6-12-27-14-21(26)23-16(2)18-9-3-4-10-19(18)22/h3-5,7-10,13,16H,6,11-12,14H2,1-2H3,(H,23,26)(H,24,25)/t16-/m1/s1. The van der Waals surface area contributed by atoms with Crippen molar-refractivity contribution >= 4 is 40.9 Å². The maximum atomic E-state index is 12.1. The second kappa shape index (κ2) is 11.0. The van der Waals surface area contributed by atoms with Crippen LogP contribution in [0.25, 0.3) is 0 Å². The van der Waals surface area contributed by atoms with E-state index in [1.165, 1.54) is 11.8 Å². The van der Waals surface area contributed by atoms with Gasteiger partial charge in [0.15, 0.2) is 0 Å². The van der Waals surface area contributed by atoms with Gasteiger partial charge in [-0.25, -0.2) is 0 Å². The van der Waals surface area contributed by atoms with E-state index in [1.54, 1.807) is 0 Å². The first kappa shape index (κ1) is 21.3. The van der Waals surface area contributed by atoms with Crippen LogP contribution >= 0.6 is 23.4 Å². The molecule has 4 nitrogen and oxygen atoms in total. The molecule has 0 saturated carbocycles. The lowest BCUT2D eigenvalue weighted by Gasteiger charge is -2.15. The molecule has 27 heavy (non-hydrogen) atoms. The Morgan fingerprint density at radius 2 is 1.89 bits per heavy atom. The van der Waals surface area contributed by atoms with E-state index in [4.69, 9.17) is 11.6 Å². The normalized spacial score (nSPS) is 11.7. The number of thioether (sulfide) groups is 1. The van der Waals surface area contributed by atoms with Gasteiger partial charge in [-0.15, -0.1) is 0 Å². The van der Waals surface area contributed by atoms with Crippen molar-refractivity contribution in [1.82, 2.24) is 5.32 Å². The number of aryl methyl sites for hydroxylation is 1. The minimum Gasteiger partial charge on any atom is -0.349 e. The molecule has 0 radical (unpaired) electrons. The SMILES string of the molecule is Cc1cccc(NC(=O)CCCSCC(=O)N[C@H](C)c2ccccc2Cl)c1. The van der Waals surface area contributed by atoms with Crippen molar-refractivity contribution in [3.63, 3.8) is 0 Å². The molecule has 2 N–H and O–H groups in total. The summed E-state index contributed by atoms with van der Waals surface area (Å²) in [6, 6.07) is 15.1. The Labute approximate surface area is 170 Å². The molecule has 0 spiro atoms. The third-order valence-electron chi connectivity index (χ3n) is 3.98. The van der Waals surface area contributed by atoms with Crippen LogP contribution in [0.2, 0.25) is 5.02 Å². The van der Waals surface area contributed by atoms with E-state index in [2.05, 4.69) is 10.6 Å². The van der Waals surface area contributed by atoms with Crippen molar-refractivity contribution in [2.45, 2.75) is 32.7 Å². The topological polar surface area (TPSA) is 58.2 Å².